The molecule has 0 heterocycles. The molecule has 0 aliphatic heterocycles. The Morgan fingerprint density at radius 1 is 0.745 bits per heavy atom. The zero-order valence-corrected chi connectivity index (χ0v) is 29.2. The molecule has 0 saturated carbocycles. The summed E-state index contributed by atoms with van der Waals surface area (Å²) in [5.74, 6) is -5.41. The summed E-state index contributed by atoms with van der Waals surface area (Å²) in [6.45, 7) is 13.4. The molecule has 14 heteroatoms. The van der Waals surface area contributed by atoms with Crippen LogP contribution in [0.3, 0.4) is 0 Å². The van der Waals surface area contributed by atoms with Crippen molar-refractivity contribution in [2.45, 2.75) is 98.0 Å². The van der Waals surface area contributed by atoms with E-state index >= 15 is 0 Å². The Balaban J connectivity index is 3.01. The van der Waals surface area contributed by atoms with Gasteiger partial charge >= 0.3 is 6.09 Å². The summed E-state index contributed by atoms with van der Waals surface area (Å²) in [7, 11) is 2.96. The van der Waals surface area contributed by atoms with Crippen molar-refractivity contribution < 1.29 is 38.3 Å². The standard InChI is InChI=1S/C33H52N6O8/c1-19(2)25(37-30(44)26(20(3)4)38-32(46)47-33(6,7)8)29(43)36-23(18-24(40)39(9)10)28(42)35-21(5)27(41)31(45)34-17-16-22-14-12-11-13-15-22/h11-15,19-21,23,25-26H,16-18H2,1-10H3,(H,34,45)(H,35,42)(H,36,43)(H,37,44)(H,38,46)/t21?,23-,25-,26-/m0/s1. The first-order valence-corrected chi connectivity index (χ1v) is 15.7. The molecule has 4 atom stereocenters. The Kier molecular flexibility index (Phi) is 16.0. The van der Waals surface area contributed by atoms with Crippen LogP contribution in [0.4, 0.5) is 4.79 Å². The van der Waals surface area contributed by atoms with Gasteiger partial charge in [-0.2, -0.15) is 0 Å². The molecule has 47 heavy (non-hydrogen) atoms. The van der Waals surface area contributed by atoms with Gasteiger partial charge in [-0.1, -0.05) is 58.0 Å². The lowest BCUT2D eigenvalue weighted by Gasteiger charge is -2.29. The predicted octanol–water partition coefficient (Wildman–Crippen LogP) is 1.07. The Hall–Kier alpha value is -4.49. The first kappa shape index (κ1) is 40.5. The molecule has 1 rings (SSSR count). The maximum atomic E-state index is 13.5. The molecule has 262 valence electrons. The topological polar surface area (TPSA) is 192 Å². The van der Waals surface area contributed by atoms with Gasteiger partial charge in [0.2, 0.25) is 29.4 Å². The molecule has 0 radical (unpaired) electrons. The Bertz CT molecular complexity index is 1260. The summed E-state index contributed by atoms with van der Waals surface area (Å²) in [6, 6.07) is 4.46. The van der Waals surface area contributed by atoms with Gasteiger partial charge in [0.15, 0.2) is 0 Å². The van der Waals surface area contributed by atoms with Crippen molar-refractivity contribution in [3.8, 4) is 0 Å². The Morgan fingerprint density at radius 3 is 1.79 bits per heavy atom. The highest BCUT2D eigenvalue weighted by Gasteiger charge is 2.35. The maximum Gasteiger partial charge on any atom is 0.408 e. The normalized spacial score (nSPS) is 13.8. The van der Waals surface area contributed by atoms with Crippen LogP contribution in [0.2, 0.25) is 0 Å². The highest BCUT2D eigenvalue weighted by molar-refractivity contribution is 6.38. The van der Waals surface area contributed by atoms with E-state index in [0.29, 0.717) is 6.42 Å². The van der Waals surface area contributed by atoms with Crippen LogP contribution in [-0.4, -0.2) is 96.7 Å². The molecule has 0 aliphatic rings. The summed E-state index contributed by atoms with van der Waals surface area (Å²) in [6.07, 6.45) is -0.754. The molecule has 0 saturated heterocycles. The number of amides is 6. The molecule has 0 aromatic heterocycles. The van der Waals surface area contributed by atoms with Gasteiger partial charge in [0, 0.05) is 20.6 Å². The van der Waals surface area contributed by atoms with E-state index in [-0.39, 0.29) is 12.5 Å². The van der Waals surface area contributed by atoms with Gasteiger partial charge in [0.25, 0.3) is 5.91 Å². The number of ketones is 1. The average Bonchev–Trinajstić information content (AvgIpc) is 2.96. The summed E-state index contributed by atoms with van der Waals surface area (Å²) in [5.41, 5.74) is 0.177. The number of benzene rings is 1. The number of rotatable bonds is 16. The Labute approximate surface area is 277 Å². The van der Waals surface area contributed by atoms with Crippen LogP contribution in [0.1, 0.15) is 67.4 Å². The summed E-state index contributed by atoms with van der Waals surface area (Å²) < 4.78 is 5.27. The third-order valence-corrected chi connectivity index (χ3v) is 6.90. The SMILES string of the molecule is CC(NC(=O)[C@H](CC(=O)N(C)C)NC(=O)[C@@H](NC(=O)[C@@H](NC(=O)OC(C)(C)C)C(C)C)C(C)C)C(=O)C(=O)NCCc1ccccc1. The van der Waals surface area contributed by atoms with Gasteiger partial charge in [-0.15, -0.1) is 0 Å². The number of alkyl carbamates (subject to hydrolysis) is 1. The minimum absolute atomic E-state index is 0.207. The number of carbonyl (C=O) groups excluding carboxylic acids is 7. The van der Waals surface area contributed by atoms with Crippen molar-refractivity contribution in [2.75, 3.05) is 20.6 Å². The number of hydrogen-bond donors (Lipinski definition) is 5. The van der Waals surface area contributed by atoms with E-state index < -0.39 is 83.5 Å². The third-order valence-electron chi connectivity index (χ3n) is 6.90. The number of nitrogens with zero attached hydrogens (tertiary/aromatic N) is 1. The fourth-order valence-corrected chi connectivity index (χ4v) is 4.20. The highest BCUT2D eigenvalue weighted by atomic mass is 16.6. The van der Waals surface area contributed by atoms with Crippen LogP contribution in [-0.2, 0) is 39.9 Å². The van der Waals surface area contributed by atoms with Crippen LogP contribution in [0.25, 0.3) is 0 Å². The van der Waals surface area contributed by atoms with Gasteiger partial charge in [0.05, 0.1) is 12.5 Å². The van der Waals surface area contributed by atoms with Crippen LogP contribution >= 0.6 is 0 Å². The van der Waals surface area contributed by atoms with Crippen LogP contribution in [0, 0.1) is 11.8 Å². The van der Waals surface area contributed by atoms with Crippen LogP contribution in [0.5, 0.6) is 0 Å². The molecular formula is C33H52N6O8. The van der Waals surface area contributed by atoms with E-state index in [0.717, 1.165) is 5.56 Å². The van der Waals surface area contributed by atoms with Crippen LogP contribution in [0.15, 0.2) is 30.3 Å². The van der Waals surface area contributed by atoms with E-state index in [1.54, 1.807) is 48.5 Å². The second-order valence-electron chi connectivity index (χ2n) is 13.2. The molecule has 0 aliphatic carbocycles. The minimum atomic E-state index is -1.44. The van der Waals surface area contributed by atoms with Gasteiger partial charge < -0.3 is 36.2 Å². The molecule has 5 N–H and O–H groups in total. The predicted molar refractivity (Wildman–Crippen MR) is 176 cm³/mol. The van der Waals surface area contributed by atoms with Crippen molar-refractivity contribution in [2.24, 2.45) is 11.8 Å². The van der Waals surface area contributed by atoms with Crippen molar-refractivity contribution in [1.29, 1.82) is 0 Å². The van der Waals surface area contributed by atoms with E-state index in [2.05, 4.69) is 26.6 Å². The van der Waals surface area contributed by atoms with Gasteiger partial charge in [-0.05, 0) is 51.5 Å². The van der Waals surface area contributed by atoms with Gasteiger partial charge in [0.1, 0.15) is 23.7 Å². The zero-order valence-electron chi connectivity index (χ0n) is 29.2. The smallest absolute Gasteiger partial charge is 0.408 e. The molecule has 14 nitrogen and oxygen atoms in total. The number of hydrogen-bond acceptors (Lipinski definition) is 8. The number of Topliss-reactive ketones (excluding diaryl/α,β-unsaturated/α-hetero) is 1. The van der Waals surface area contributed by atoms with E-state index in [1.807, 2.05) is 30.3 Å². The number of nitrogens with one attached hydrogen (secondary N) is 5. The summed E-state index contributed by atoms with van der Waals surface area (Å²) >= 11 is 0. The van der Waals surface area contributed by atoms with E-state index in [1.165, 1.54) is 25.9 Å². The Morgan fingerprint density at radius 2 is 1.28 bits per heavy atom. The molecule has 1 unspecified atom stereocenters. The second kappa shape index (κ2) is 18.6. The lowest BCUT2D eigenvalue weighted by molar-refractivity contribution is -0.141. The number of carbonyl (C=O) groups is 7. The first-order valence-electron chi connectivity index (χ1n) is 15.7. The fraction of sp³-hybridized carbons (Fsp3) is 0.606. The maximum absolute atomic E-state index is 13.5. The van der Waals surface area contributed by atoms with Crippen molar-refractivity contribution >= 4 is 41.4 Å². The number of ether oxygens (including phenoxy) is 1. The molecule has 0 bridgehead atoms. The average molecular weight is 661 g/mol. The molecule has 1 aromatic carbocycles. The lowest BCUT2D eigenvalue weighted by Crippen LogP contribution is -2.60. The van der Waals surface area contributed by atoms with Crippen LogP contribution < -0.4 is 26.6 Å². The van der Waals surface area contributed by atoms with Crippen molar-refractivity contribution in [3.05, 3.63) is 35.9 Å². The molecule has 1 aromatic rings. The summed E-state index contributed by atoms with van der Waals surface area (Å²) in [4.78, 5) is 91.4. The van der Waals surface area contributed by atoms with E-state index in [4.69, 9.17) is 4.74 Å². The first-order chi connectivity index (χ1) is 21.7. The zero-order chi connectivity index (χ0) is 36.1. The second-order valence-corrected chi connectivity index (χ2v) is 13.2. The van der Waals surface area contributed by atoms with Gasteiger partial charge in [-0.3, -0.25) is 28.8 Å². The minimum Gasteiger partial charge on any atom is -0.444 e. The molecule has 0 spiro atoms. The summed E-state index contributed by atoms with van der Waals surface area (Å²) in [5, 5.41) is 12.6. The fourth-order valence-electron chi connectivity index (χ4n) is 4.20. The monoisotopic (exact) mass is 660 g/mol. The van der Waals surface area contributed by atoms with Crippen molar-refractivity contribution in [3.63, 3.8) is 0 Å². The van der Waals surface area contributed by atoms with Crippen molar-refractivity contribution in [1.82, 2.24) is 31.5 Å². The molecular weight excluding hydrogens is 608 g/mol. The lowest BCUT2D eigenvalue weighted by atomic mass is 9.99. The third kappa shape index (κ3) is 14.6. The quantitative estimate of drug-likeness (QED) is 0.163. The molecule has 6 amide bonds. The van der Waals surface area contributed by atoms with E-state index in [9.17, 15) is 33.6 Å². The highest BCUT2D eigenvalue weighted by Crippen LogP contribution is 2.11. The largest absolute Gasteiger partial charge is 0.444 e. The van der Waals surface area contributed by atoms with Gasteiger partial charge in [-0.25, -0.2) is 4.79 Å². The molecule has 0 fully saturated rings.